The summed E-state index contributed by atoms with van der Waals surface area (Å²) in [6.45, 7) is 14.0. The average Bonchev–Trinajstić information content (AvgIpc) is 2.95. The van der Waals surface area contributed by atoms with Crippen molar-refractivity contribution >= 4 is 0 Å². The van der Waals surface area contributed by atoms with Crippen molar-refractivity contribution in [1.82, 2.24) is 0 Å². The van der Waals surface area contributed by atoms with Crippen LogP contribution in [0.25, 0.3) is 0 Å². The van der Waals surface area contributed by atoms with E-state index in [0.717, 1.165) is 6.42 Å². The monoisotopic (exact) mass is 532 g/mol. The topological polar surface area (TPSA) is 9.23 Å². The molecule has 0 aromatic heterocycles. The van der Waals surface area contributed by atoms with Gasteiger partial charge in [0.1, 0.15) is 5.60 Å². The molecule has 0 fully saturated rings. The summed E-state index contributed by atoms with van der Waals surface area (Å²) in [4.78, 5) is 0. The van der Waals surface area contributed by atoms with E-state index >= 15 is 0 Å². The molecule has 40 heavy (non-hydrogen) atoms. The summed E-state index contributed by atoms with van der Waals surface area (Å²) >= 11 is 0. The first-order valence-corrected chi connectivity index (χ1v) is 15.4. The molecule has 3 aromatic carbocycles. The zero-order valence-electron chi connectivity index (χ0n) is 27.4. The fourth-order valence-corrected chi connectivity index (χ4v) is 6.02. The van der Waals surface area contributed by atoms with E-state index in [1.54, 1.807) is 0 Å². The van der Waals surface area contributed by atoms with Gasteiger partial charge in [-0.05, 0) is 59.6 Å². The molecule has 2 unspecified atom stereocenters. The Morgan fingerprint density at radius 3 is 1.45 bits per heavy atom. The molecular formula is C38H53LiO. The van der Waals surface area contributed by atoms with E-state index in [0.29, 0.717) is 23.7 Å². The maximum absolute atomic E-state index is 7.62. The van der Waals surface area contributed by atoms with Crippen LogP contribution in [-0.2, 0) is 10.3 Å². The second kappa shape index (κ2) is 17.7. The minimum atomic E-state index is -0.704. The normalized spacial score (nSPS) is 13.6. The third-order valence-electron chi connectivity index (χ3n) is 7.89. The van der Waals surface area contributed by atoms with E-state index in [9.17, 15) is 0 Å². The van der Waals surface area contributed by atoms with Gasteiger partial charge >= 0.3 is 18.9 Å². The fraction of sp³-hybridized carbons (Fsp3) is 0.474. The zero-order chi connectivity index (χ0) is 28.1. The molecule has 0 radical (unpaired) electrons. The van der Waals surface area contributed by atoms with E-state index in [4.69, 9.17) is 4.74 Å². The van der Waals surface area contributed by atoms with Crippen LogP contribution in [0, 0.1) is 23.7 Å². The van der Waals surface area contributed by atoms with E-state index in [1.165, 1.54) is 48.8 Å². The Balaban J connectivity index is 0.00000420. The molecule has 2 heteroatoms. The smallest absolute Gasteiger partial charge is 1.00 e. The summed E-state index contributed by atoms with van der Waals surface area (Å²) in [6, 6.07) is 32.5. The third kappa shape index (κ3) is 9.51. The molecule has 0 N–H and O–H groups in total. The number of benzene rings is 3. The van der Waals surface area contributed by atoms with Crippen LogP contribution in [0.4, 0.5) is 0 Å². The first kappa shape index (κ1) is 34.2. The van der Waals surface area contributed by atoms with Gasteiger partial charge in [0, 0.05) is 0 Å². The van der Waals surface area contributed by atoms with Crippen LogP contribution in [0.5, 0.6) is 0 Å². The summed E-state index contributed by atoms with van der Waals surface area (Å²) in [5.41, 5.74) is 2.82. The SMILES string of the molecule is CCCCC(CC)C(/C=C/C(CC(C)C)CC(C)C)OC(c1ccccc1)(c1ccccc1)c1ccccc1.[H-].[Li+]. The largest absolute Gasteiger partial charge is 1.00 e. The van der Waals surface area contributed by atoms with Gasteiger partial charge < -0.3 is 6.16 Å². The van der Waals surface area contributed by atoms with Gasteiger partial charge in [0.15, 0.2) is 0 Å². The second-order valence-corrected chi connectivity index (χ2v) is 12.1. The number of hydrogen-bond donors (Lipinski definition) is 0. The predicted molar refractivity (Wildman–Crippen MR) is 170 cm³/mol. The predicted octanol–water partition coefficient (Wildman–Crippen LogP) is 7.96. The molecule has 212 valence electrons. The first-order chi connectivity index (χ1) is 18.9. The minimum Gasteiger partial charge on any atom is -1.00 e. The van der Waals surface area contributed by atoms with Crippen molar-refractivity contribution in [2.75, 3.05) is 0 Å². The number of unbranched alkanes of at least 4 members (excludes halogenated alkanes) is 1. The van der Waals surface area contributed by atoms with Crippen LogP contribution < -0.4 is 18.9 Å². The number of allylic oxidation sites excluding steroid dienone is 1. The molecule has 0 saturated heterocycles. The molecule has 0 aliphatic carbocycles. The Kier molecular flexibility index (Phi) is 15.1. The summed E-state index contributed by atoms with van der Waals surface area (Å²) in [5, 5.41) is 0. The quantitative estimate of drug-likeness (QED) is 0.103. The zero-order valence-corrected chi connectivity index (χ0v) is 26.4. The van der Waals surface area contributed by atoms with Crippen molar-refractivity contribution in [3.8, 4) is 0 Å². The van der Waals surface area contributed by atoms with Gasteiger partial charge in [-0.2, -0.15) is 0 Å². The van der Waals surface area contributed by atoms with Crippen LogP contribution in [0.2, 0.25) is 0 Å². The van der Waals surface area contributed by atoms with Crippen LogP contribution in [0.15, 0.2) is 103 Å². The third-order valence-corrected chi connectivity index (χ3v) is 7.89. The Hall–Kier alpha value is -2.04. The molecule has 3 aromatic rings. The Morgan fingerprint density at radius 1 is 0.675 bits per heavy atom. The maximum atomic E-state index is 7.62. The van der Waals surface area contributed by atoms with Gasteiger partial charge in [-0.1, -0.05) is 164 Å². The molecule has 1 nitrogen and oxygen atoms in total. The van der Waals surface area contributed by atoms with E-state index < -0.39 is 5.60 Å². The van der Waals surface area contributed by atoms with Crippen LogP contribution in [0.3, 0.4) is 0 Å². The van der Waals surface area contributed by atoms with Crippen molar-refractivity contribution in [1.29, 1.82) is 0 Å². The fourth-order valence-electron chi connectivity index (χ4n) is 6.02. The molecule has 0 aliphatic rings. The van der Waals surface area contributed by atoms with Crippen LogP contribution in [-0.4, -0.2) is 6.10 Å². The standard InChI is InChI=1S/C38H52O.Li.H/c1-7-9-19-33(8-2)37(27-26-32(28-30(3)4)29-31(5)6)39-38(34-20-13-10-14-21-34,35-22-15-11-16-23-35)36-24-17-12-18-25-36;;/h10-18,20-27,30-33,37H,7-9,19,28-29H2,1-6H3;;/q;+1;-1/b27-26+;;. The molecule has 0 amide bonds. The van der Waals surface area contributed by atoms with Crippen molar-refractivity contribution in [3.05, 3.63) is 120 Å². The summed E-state index contributed by atoms with van der Waals surface area (Å²) in [7, 11) is 0. The van der Waals surface area contributed by atoms with Crippen molar-refractivity contribution < 1.29 is 25.0 Å². The maximum Gasteiger partial charge on any atom is 1.00 e. The average molecular weight is 533 g/mol. The van der Waals surface area contributed by atoms with E-state index in [1.807, 2.05) is 0 Å². The molecule has 0 spiro atoms. The number of hydrogen-bond acceptors (Lipinski definition) is 1. The van der Waals surface area contributed by atoms with Gasteiger partial charge in [0.05, 0.1) is 6.10 Å². The van der Waals surface area contributed by atoms with Gasteiger partial charge in [0.25, 0.3) is 0 Å². The van der Waals surface area contributed by atoms with Gasteiger partial charge in [-0.15, -0.1) is 0 Å². The van der Waals surface area contributed by atoms with Gasteiger partial charge in [0.2, 0.25) is 0 Å². The Labute approximate surface area is 259 Å². The van der Waals surface area contributed by atoms with Crippen LogP contribution >= 0.6 is 0 Å². The first-order valence-electron chi connectivity index (χ1n) is 15.4. The molecular weight excluding hydrogens is 479 g/mol. The molecule has 2 atom stereocenters. The van der Waals surface area contributed by atoms with E-state index in [-0.39, 0.29) is 26.4 Å². The van der Waals surface area contributed by atoms with Crippen molar-refractivity contribution in [2.45, 2.75) is 91.8 Å². The summed E-state index contributed by atoms with van der Waals surface area (Å²) in [6.07, 6.45) is 12.1. The Morgan fingerprint density at radius 2 is 1.10 bits per heavy atom. The summed E-state index contributed by atoms with van der Waals surface area (Å²) < 4.78 is 7.62. The van der Waals surface area contributed by atoms with Gasteiger partial charge in [-0.25, -0.2) is 0 Å². The molecule has 0 aliphatic heterocycles. The molecule has 3 rings (SSSR count). The minimum absolute atomic E-state index is 0. The summed E-state index contributed by atoms with van der Waals surface area (Å²) in [5.74, 6) is 2.38. The van der Waals surface area contributed by atoms with Crippen LogP contribution in [0.1, 0.15) is 98.2 Å². The number of rotatable bonds is 16. The molecule has 0 bridgehead atoms. The van der Waals surface area contributed by atoms with E-state index in [2.05, 4.69) is 145 Å². The molecule has 0 saturated carbocycles. The second-order valence-electron chi connectivity index (χ2n) is 12.1. The molecule has 0 heterocycles. The van der Waals surface area contributed by atoms with Crippen molar-refractivity contribution in [2.24, 2.45) is 23.7 Å². The van der Waals surface area contributed by atoms with Gasteiger partial charge in [-0.3, -0.25) is 0 Å². The van der Waals surface area contributed by atoms with Crippen molar-refractivity contribution in [3.63, 3.8) is 0 Å². The number of ether oxygens (including phenoxy) is 1. The Bertz CT molecular complexity index is 974.